The number of hydrogen-bond donors (Lipinski definition) is 2. The number of hydrogen-bond acceptors (Lipinski definition) is 3. The molecule has 2 rings (SSSR count). The molecule has 26 heavy (non-hydrogen) atoms. The van der Waals surface area contributed by atoms with E-state index in [1.165, 1.54) is 0 Å². The topological polar surface area (TPSA) is 75.6 Å². The Hall–Kier alpha value is -2.53. The highest BCUT2D eigenvalue weighted by molar-refractivity contribution is 6.30. The minimum Gasteiger partial charge on any atom is -0.481 e. The Kier molecular flexibility index (Phi) is 7.96. The van der Waals surface area contributed by atoms with Gasteiger partial charge >= 0.3 is 5.97 Å². The summed E-state index contributed by atoms with van der Waals surface area (Å²) in [5.41, 5.74) is 0.755. The maximum Gasteiger partial charge on any atom is 0.303 e. The molecule has 6 heteroatoms. The average Bonchev–Trinajstić information content (AvgIpc) is 2.64. The fourth-order valence-corrected chi connectivity index (χ4v) is 2.56. The van der Waals surface area contributed by atoms with Gasteiger partial charge in [-0.3, -0.25) is 9.59 Å². The van der Waals surface area contributed by atoms with Crippen LogP contribution >= 0.6 is 11.6 Å². The number of aliphatic carboxylic acids is 1. The van der Waals surface area contributed by atoms with E-state index in [1.807, 2.05) is 30.3 Å². The molecule has 2 aromatic carbocycles. The van der Waals surface area contributed by atoms with Gasteiger partial charge in [0.2, 0.25) is 6.10 Å². The van der Waals surface area contributed by atoms with Crippen molar-refractivity contribution in [2.75, 3.05) is 6.54 Å². The van der Waals surface area contributed by atoms with Crippen molar-refractivity contribution in [1.29, 1.82) is 0 Å². The molecule has 1 amide bonds. The number of halogens is 1. The van der Waals surface area contributed by atoms with Crippen LogP contribution in [0.15, 0.2) is 54.6 Å². The van der Waals surface area contributed by atoms with E-state index in [4.69, 9.17) is 21.4 Å². The molecular formula is C20H22ClNO4. The van der Waals surface area contributed by atoms with E-state index in [0.717, 1.165) is 18.4 Å². The van der Waals surface area contributed by atoms with Crippen LogP contribution in [-0.2, 0) is 9.59 Å². The molecule has 0 aliphatic heterocycles. The molecule has 0 fully saturated rings. The summed E-state index contributed by atoms with van der Waals surface area (Å²) < 4.78 is 5.88. The second kappa shape index (κ2) is 10.5. The van der Waals surface area contributed by atoms with Crippen molar-refractivity contribution in [2.45, 2.75) is 31.8 Å². The third-order valence-corrected chi connectivity index (χ3v) is 4.03. The Morgan fingerprint density at radius 1 is 1.00 bits per heavy atom. The van der Waals surface area contributed by atoms with Crippen LogP contribution in [-0.4, -0.2) is 23.5 Å². The number of unbranched alkanes of at least 4 members (excludes halogenated alkanes) is 2. The van der Waals surface area contributed by atoms with E-state index in [1.54, 1.807) is 24.3 Å². The summed E-state index contributed by atoms with van der Waals surface area (Å²) >= 11 is 5.89. The van der Waals surface area contributed by atoms with Crippen LogP contribution < -0.4 is 10.1 Å². The van der Waals surface area contributed by atoms with Gasteiger partial charge in [0.05, 0.1) is 0 Å². The number of nitrogens with one attached hydrogen (secondary N) is 1. The van der Waals surface area contributed by atoms with Gasteiger partial charge in [-0.25, -0.2) is 0 Å². The van der Waals surface area contributed by atoms with E-state index in [9.17, 15) is 9.59 Å². The fourth-order valence-electron chi connectivity index (χ4n) is 2.43. The summed E-state index contributed by atoms with van der Waals surface area (Å²) in [5, 5.41) is 12.1. The SMILES string of the molecule is O=C(O)CCCCCNC(=O)C(Oc1ccc(Cl)cc1)c1ccccc1. The van der Waals surface area contributed by atoms with E-state index >= 15 is 0 Å². The summed E-state index contributed by atoms with van der Waals surface area (Å²) in [5.74, 6) is -0.473. The van der Waals surface area contributed by atoms with Crippen molar-refractivity contribution < 1.29 is 19.4 Å². The smallest absolute Gasteiger partial charge is 0.303 e. The van der Waals surface area contributed by atoms with Gasteiger partial charge in [0.15, 0.2) is 0 Å². The molecule has 1 atom stereocenters. The maximum atomic E-state index is 12.6. The lowest BCUT2D eigenvalue weighted by atomic mass is 10.1. The van der Waals surface area contributed by atoms with Crippen molar-refractivity contribution in [3.8, 4) is 5.75 Å². The molecule has 2 aromatic rings. The highest BCUT2D eigenvalue weighted by atomic mass is 35.5. The first-order valence-corrected chi connectivity index (χ1v) is 8.91. The molecule has 0 radical (unpaired) electrons. The summed E-state index contributed by atoms with van der Waals surface area (Å²) in [6, 6.07) is 16.1. The number of carbonyl (C=O) groups is 2. The van der Waals surface area contributed by atoms with Gasteiger partial charge in [-0.1, -0.05) is 48.4 Å². The number of ether oxygens (including phenoxy) is 1. The molecule has 0 saturated carbocycles. The van der Waals surface area contributed by atoms with Crippen LogP contribution in [0.2, 0.25) is 5.02 Å². The third kappa shape index (κ3) is 6.76. The number of carboxylic acid groups (broad SMARTS) is 1. The van der Waals surface area contributed by atoms with Gasteiger partial charge in [-0.15, -0.1) is 0 Å². The van der Waals surface area contributed by atoms with E-state index < -0.39 is 12.1 Å². The maximum absolute atomic E-state index is 12.6. The second-order valence-electron chi connectivity index (χ2n) is 5.86. The first kappa shape index (κ1) is 19.8. The van der Waals surface area contributed by atoms with E-state index in [-0.39, 0.29) is 12.3 Å². The Labute approximate surface area is 157 Å². The Morgan fingerprint density at radius 3 is 2.35 bits per heavy atom. The van der Waals surface area contributed by atoms with Crippen molar-refractivity contribution in [2.24, 2.45) is 0 Å². The quantitative estimate of drug-likeness (QED) is 0.609. The van der Waals surface area contributed by atoms with Gasteiger partial charge in [-0.05, 0) is 37.1 Å². The summed E-state index contributed by atoms with van der Waals surface area (Å²) in [7, 11) is 0. The zero-order valence-electron chi connectivity index (χ0n) is 14.4. The fraction of sp³-hybridized carbons (Fsp3) is 0.300. The molecule has 0 aliphatic carbocycles. The summed E-state index contributed by atoms with van der Waals surface area (Å²) in [6.45, 7) is 0.478. The summed E-state index contributed by atoms with van der Waals surface area (Å²) in [4.78, 5) is 23.1. The lowest BCUT2D eigenvalue weighted by Gasteiger charge is -2.19. The highest BCUT2D eigenvalue weighted by Gasteiger charge is 2.22. The van der Waals surface area contributed by atoms with Crippen LogP contribution in [0, 0.1) is 0 Å². The molecule has 2 N–H and O–H groups in total. The predicted octanol–water partition coefficient (Wildman–Crippen LogP) is 4.22. The summed E-state index contributed by atoms with van der Waals surface area (Å²) in [6.07, 6.45) is 1.47. The van der Waals surface area contributed by atoms with Gasteiger partial charge in [0.1, 0.15) is 5.75 Å². The Bertz CT molecular complexity index is 704. The van der Waals surface area contributed by atoms with Crippen LogP contribution in [0.5, 0.6) is 5.75 Å². The van der Waals surface area contributed by atoms with Crippen LogP contribution in [0.4, 0.5) is 0 Å². The van der Waals surface area contributed by atoms with Crippen molar-refractivity contribution >= 4 is 23.5 Å². The predicted molar refractivity (Wildman–Crippen MR) is 100 cm³/mol. The lowest BCUT2D eigenvalue weighted by Crippen LogP contribution is -2.33. The molecular weight excluding hydrogens is 354 g/mol. The van der Waals surface area contributed by atoms with E-state index in [2.05, 4.69) is 5.32 Å². The minimum atomic E-state index is -0.797. The van der Waals surface area contributed by atoms with E-state index in [0.29, 0.717) is 23.7 Å². The number of benzene rings is 2. The number of rotatable bonds is 10. The number of carboxylic acids is 1. The van der Waals surface area contributed by atoms with Crippen molar-refractivity contribution in [3.63, 3.8) is 0 Å². The van der Waals surface area contributed by atoms with Gasteiger partial charge < -0.3 is 15.2 Å². The molecule has 138 valence electrons. The molecule has 1 unspecified atom stereocenters. The lowest BCUT2D eigenvalue weighted by molar-refractivity contribution is -0.137. The highest BCUT2D eigenvalue weighted by Crippen LogP contribution is 2.23. The minimum absolute atomic E-state index is 0.153. The first-order valence-electron chi connectivity index (χ1n) is 8.53. The van der Waals surface area contributed by atoms with Crippen molar-refractivity contribution in [3.05, 3.63) is 65.2 Å². The Balaban J connectivity index is 1.94. The van der Waals surface area contributed by atoms with Crippen LogP contribution in [0.1, 0.15) is 37.4 Å². The molecule has 0 aliphatic rings. The molecule has 0 bridgehead atoms. The molecule has 0 aromatic heterocycles. The third-order valence-electron chi connectivity index (χ3n) is 3.77. The number of amides is 1. The zero-order chi connectivity index (χ0) is 18.8. The standard InChI is InChI=1S/C20H22ClNO4/c21-16-10-12-17(13-11-16)26-19(15-7-3-1-4-8-15)20(25)22-14-6-2-5-9-18(23)24/h1,3-4,7-8,10-13,19H,2,5-6,9,14H2,(H,22,25)(H,23,24). The molecule has 0 heterocycles. The zero-order valence-corrected chi connectivity index (χ0v) is 15.1. The average molecular weight is 376 g/mol. The van der Waals surface area contributed by atoms with Gasteiger partial charge in [-0.2, -0.15) is 0 Å². The van der Waals surface area contributed by atoms with Gasteiger partial charge in [0, 0.05) is 23.6 Å². The van der Waals surface area contributed by atoms with Gasteiger partial charge in [0.25, 0.3) is 5.91 Å². The molecule has 0 spiro atoms. The Morgan fingerprint density at radius 2 is 1.69 bits per heavy atom. The second-order valence-corrected chi connectivity index (χ2v) is 6.29. The van der Waals surface area contributed by atoms with Crippen LogP contribution in [0.3, 0.4) is 0 Å². The molecule has 5 nitrogen and oxygen atoms in total. The normalized spacial score (nSPS) is 11.6. The van der Waals surface area contributed by atoms with Crippen LogP contribution in [0.25, 0.3) is 0 Å². The largest absolute Gasteiger partial charge is 0.481 e. The first-order chi connectivity index (χ1) is 12.6. The van der Waals surface area contributed by atoms with Crippen molar-refractivity contribution in [1.82, 2.24) is 5.32 Å². The number of carbonyl (C=O) groups excluding carboxylic acids is 1. The molecule has 0 saturated heterocycles. The monoisotopic (exact) mass is 375 g/mol.